The molecule has 2 N–H and O–H groups in total. The third-order valence-corrected chi connectivity index (χ3v) is 5.59. The average Bonchev–Trinajstić information content (AvgIpc) is 3.31. The highest BCUT2D eigenvalue weighted by Gasteiger charge is 2.46. The summed E-state index contributed by atoms with van der Waals surface area (Å²) < 4.78 is 11.2. The lowest BCUT2D eigenvalue weighted by atomic mass is 10.0. The SMILES string of the molecule is CC(C)(C)OC(=O)N[C@@H]1CC[C@H](c2nnc([C@@H]3CC[C@@H]4CN3C(=O)N4O)o2)C1. The molecule has 0 radical (unpaired) electrons. The fraction of sp³-hybridized carbons (Fsp3) is 0.778. The Balaban J connectivity index is 1.36. The third kappa shape index (κ3) is 3.65. The molecule has 1 aliphatic carbocycles. The van der Waals surface area contributed by atoms with E-state index in [1.54, 1.807) is 4.90 Å². The maximum Gasteiger partial charge on any atom is 0.407 e. The molecule has 4 atom stereocenters. The number of alkyl carbamates (subject to hydrolysis) is 1. The lowest BCUT2D eigenvalue weighted by molar-refractivity contribution is -0.0584. The van der Waals surface area contributed by atoms with E-state index in [2.05, 4.69) is 15.5 Å². The maximum atomic E-state index is 12.1. The van der Waals surface area contributed by atoms with Crippen LogP contribution in [-0.2, 0) is 4.74 Å². The number of nitrogens with zero attached hydrogens (tertiary/aromatic N) is 4. The van der Waals surface area contributed by atoms with Crippen molar-refractivity contribution >= 4 is 12.1 Å². The van der Waals surface area contributed by atoms with Crippen molar-refractivity contribution in [3.8, 4) is 0 Å². The number of amides is 3. The third-order valence-electron chi connectivity index (χ3n) is 5.59. The summed E-state index contributed by atoms with van der Waals surface area (Å²) in [6.07, 6.45) is 3.33. The van der Waals surface area contributed by atoms with Gasteiger partial charge in [0.05, 0.1) is 6.04 Å². The highest BCUT2D eigenvalue weighted by molar-refractivity contribution is 5.76. The quantitative estimate of drug-likeness (QED) is 0.757. The second-order valence-electron chi connectivity index (χ2n) is 8.86. The summed E-state index contributed by atoms with van der Waals surface area (Å²) in [6, 6.07) is -0.844. The van der Waals surface area contributed by atoms with Gasteiger partial charge < -0.3 is 19.4 Å². The number of hydroxylamine groups is 2. The number of carbonyl (C=O) groups excluding carboxylic acids is 2. The monoisotopic (exact) mass is 393 g/mol. The molecule has 1 aromatic rings. The van der Waals surface area contributed by atoms with Gasteiger partial charge in [-0.1, -0.05) is 0 Å². The van der Waals surface area contributed by atoms with E-state index >= 15 is 0 Å². The van der Waals surface area contributed by atoms with Crippen LogP contribution >= 0.6 is 0 Å². The first-order chi connectivity index (χ1) is 13.2. The van der Waals surface area contributed by atoms with Crippen LogP contribution in [0.5, 0.6) is 0 Å². The zero-order valence-electron chi connectivity index (χ0n) is 16.4. The number of rotatable bonds is 3. The van der Waals surface area contributed by atoms with E-state index in [9.17, 15) is 14.8 Å². The van der Waals surface area contributed by atoms with Crippen molar-refractivity contribution in [1.82, 2.24) is 25.5 Å². The van der Waals surface area contributed by atoms with Crippen molar-refractivity contribution < 1.29 is 24.0 Å². The molecule has 10 heteroatoms. The minimum Gasteiger partial charge on any atom is -0.444 e. The van der Waals surface area contributed by atoms with Gasteiger partial charge in [-0.05, 0) is 52.9 Å². The van der Waals surface area contributed by atoms with Crippen molar-refractivity contribution in [2.75, 3.05) is 6.54 Å². The highest BCUT2D eigenvalue weighted by atomic mass is 16.6. The normalized spacial score (nSPS) is 30.1. The van der Waals surface area contributed by atoms with Crippen LogP contribution in [0.1, 0.15) is 76.6 Å². The van der Waals surface area contributed by atoms with Gasteiger partial charge in [-0.15, -0.1) is 10.2 Å². The summed E-state index contributed by atoms with van der Waals surface area (Å²) in [7, 11) is 0. The number of ether oxygens (including phenoxy) is 1. The van der Waals surface area contributed by atoms with Crippen LogP contribution in [0.15, 0.2) is 4.42 Å². The number of piperidine rings is 1. The Morgan fingerprint density at radius 1 is 1.21 bits per heavy atom. The fourth-order valence-corrected chi connectivity index (χ4v) is 4.26. The Morgan fingerprint density at radius 2 is 1.96 bits per heavy atom. The van der Waals surface area contributed by atoms with E-state index in [-0.39, 0.29) is 24.0 Å². The largest absolute Gasteiger partial charge is 0.444 e. The minimum atomic E-state index is -0.528. The van der Waals surface area contributed by atoms with Gasteiger partial charge in [0.1, 0.15) is 11.6 Å². The molecule has 0 spiro atoms. The number of urea groups is 1. The van der Waals surface area contributed by atoms with Gasteiger partial charge in [-0.2, -0.15) is 0 Å². The second-order valence-corrected chi connectivity index (χ2v) is 8.86. The van der Waals surface area contributed by atoms with E-state index in [1.807, 2.05) is 20.8 Å². The van der Waals surface area contributed by atoms with Crippen molar-refractivity contribution in [3.63, 3.8) is 0 Å². The van der Waals surface area contributed by atoms with Crippen LogP contribution in [-0.4, -0.2) is 61.7 Å². The van der Waals surface area contributed by atoms with Gasteiger partial charge in [0.15, 0.2) is 0 Å². The maximum absolute atomic E-state index is 12.1. The molecular weight excluding hydrogens is 366 g/mol. The van der Waals surface area contributed by atoms with Crippen LogP contribution in [0, 0.1) is 0 Å². The van der Waals surface area contributed by atoms with Crippen LogP contribution in [0.3, 0.4) is 0 Å². The molecule has 2 aliphatic heterocycles. The first-order valence-electron chi connectivity index (χ1n) is 9.83. The molecule has 0 unspecified atom stereocenters. The van der Waals surface area contributed by atoms with Crippen LogP contribution < -0.4 is 5.32 Å². The first kappa shape index (κ1) is 19.0. The van der Waals surface area contributed by atoms with Gasteiger partial charge in [0.2, 0.25) is 11.8 Å². The summed E-state index contributed by atoms with van der Waals surface area (Å²) in [5.74, 6) is 1.03. The van der Waals surface area contributed by atoms with Crippen LogP contribution in [0.25, 0.3) is 0 Å². The van der Waals surface area contributed by atoms with E-state index in [0.717, 1.165) is 17.9 Å². The van der Waals surface area contributed by atoms with Gasteiger partial charge >= 0.3 is 12.1 Å². The van der Waals surface area contributed by atoms with Crippen LogP contribution in [0.2, 0.25) is 0 Å². The minimum absolute atomic E-state index is 0.00810. The number of carbonyl (C=O) groups is 2. The lowest BCUT2D eigenvalue weighted by Gasteiger charge is -2.27. The second kappa shape index (κ2) is 6.91. The molecule has 3 heterocycles. The summed E-state index contributed by atoms with van der Waals surface area (Å²) >= 11 is 0. The predicted molar refractivity (Wildman–Crippen MR) is 95.5 cm³/mol. The molecule has 1 saturated carbocycles. The smallest absolute Gasteiger partial charge is 0.407 e. The molecule has 0 aromatic carbocycles. The molecule has 10 nitrogen and oxygen atoms in total. The molecule has 2 saturated heterocycles. The van der Waals surface area contributed by atoms with Crippen LogP contribution in [0.4, 0.5) is 9.59 Å². The van der Waals surface area contributed by atoms with E-state index in [0.29, 0.717) is 37.6 Å². The molecule has 154 valence electrons. The van der Waals surface area contributed by atoms with Gasteiger partial charge in [0.25, 0.3) is 0 Å². The number of aromatic nitrogens is 2. The zero-order valence-corrected chi connectivity index (χ0v) is 16.4. The molecule has 28 heavy (non-hydrogen) atoms. The van der Waals surface area contributed by atoms with Gasteiger partial charge in [-0.3, -0.25) is 5.21 Å². The average molecular weight is 393 g/mol. The summed E-state index contributed by atoms with van der Waals surface area (Å²) in [6.45, 7) is 5.97. The van der Waals surface area contributed by atoms with Crippen molar-refractivity contribution in [2.24, 2.45) is 0 Å². The molecule has 3 amide bonds. The molecule has 3 aliphatic rings. The van der Waals surface area contributed by atoms with E-state index in [1.165, 1.54) is 0 Å². The molecule has 3 fully saturated rings. The summed E-state index contributed by atoms with van der Waals surface area (Å²) in [4.78, 5) is 25.7. The Labute approximate surface area is 163 Å². The van der Waals surface area contributed by atoms with E-state index in [4.69, 9.17) is 9.15 Å². The Morgan fingerprint density at radius 3 is 2.71 bits per heavy atom. The molecule has 2 bridgehead atoms. The predicted octanol–water partition coefficient (Wildman–Crippen LogP) is 2.56. The summed E-state index contributed by atoms with van der Waals surface area (Å²) in [5, 5.41) is 21.9. The van der Waals surface area contributed by atoms with Crippen molar-refractivity contribution in [1.29, 1.82) is 0 Å². The Bertz CT molecular complexity index is 760. The van der Waals surface area contributed by atoms with Crippen molar-refractivity contribution in [2.45, 2.75) is 82.5 Å². The van der Waals surface area contributed by atoms with Gasteiger partial charge in [-0.25, -0.2) is 14.7 Å². The zero-order chi connectivity index (χ0) is 20.1. The fourth-order valence-electron chi connectivity index (χ4n) is 4.26. The van der Waals surface area contributed by atoms with E-state index < -0.39 is 17.7 Å². The molecular formula is C18H27N5O5. The first-order valence-corrected chi connectivity index (χ1v) is 9.83. The topological polar surface area (TPSA) is 121 Å². The number of hydrogen-bond acceptors (Lipinski definition) is 7. The Hall–Kier alpha value is -2.36. The Kier molecular flexibility index (Phi) is 4.68. The highest BCUT2D eigenvalue weighted by Crippen LogP contribution is 2.39. The molecule has 4 rings (SSSR count). The summed E-state index contributed by atoms with van der Waals surface area (Å²) in [5.41, 5.74) is -0.528. The number of nitrogens with one attached hydrogen (secondary N) is 1. The standard InChI is InChI=1S/C18H27N5O5/c1-18(2,3)28-16(24)19-11-5-4-10(8-11)14-20-21-15(27-14)13-7-6-12-9-22(13)17(25)23(12)26/h10-13,26H,4-9H2,1-3H3,(H,19,24)/t10-,11+,12+,13-/m0/s1. The van der Waals surface area contributed by atoms with Crippen molar-refractivity contribution in [3.05, 3.63) is 11.8 Å². The van der Waals surface area contributed by atoms with Gasteiger partial charge in [0, 0.05) is 18.5 Å². The number of hydrogen-bond donors (Lipinski definition) is 2. The number of fused-ring (bicyclic) bond motifs is 2. The molecule has 1 aromatic heterocycles. The lowest BCUT2D eigenvalue weighted by Crippen LogP contribution is -2.37.